The number of ketones is 1. The van der Waals surface area contributed by atoms with E-state index in [0.717, 1.165) is 0 Å². The summed E-state index contributed by atoms with van der Waals surface area (Å²) in [7, 11) is 0. The Hall–Kier alpha value is -3.41. The number of amides is 1. The molecule has 0 spiro atoms. The summed E-state index contributed by atoms with van der Waals surface area (Å²) in [6.07, 6.45) is 4.34. The molecule has 0 aliphatic carbocycles. The second-order valence-corrected chi connectivity index (χ2v) is 9.48. The number of nitrogens with one attached hydrogen (secondary N) is 1. The summed E-state index contributed by atoms with van der Waals surface area (Å²) in [5, 5.41) is 15.3. The van der Waals surface area contributed by atoms with Crippen LogP contribution in [-0.4, -0.2) is 35.6 Å². The van der Waals surface area contributed by atoms with Crippen LogP contribution in [0, 0.1) is 0 Å². The fraction of sp³-hybridized carbons (Fsp3) is 0.233. The van der Waals surface area contributed by atoms with Gasteiger partial charge in [0.05, 0.1) is 13.1 Å². The van der Waals surface area contributed by atoms with Crippen molar-refractivity contribution in [3.63, 3.8) is 0 Å². The Balaban J connectivity index is 0.000000555. The van der Waals surface area contributed by atoms with Gasteiger partial charge < -0.3 is 16.0 Å². The number of hydrogen-bond acceptors (Lipinski definition) is 3. The van der Waals surface area contributed by atoms with Crippen LogP contribution in [-0.2, 0) is 0 Å². The Morgan fingerprint density at radius 1 is 0.892 bits per heavy atom. The zero-order valence-corrected chi connectivity index (χ0v) is 22.1. The van der Waals surface area contributed by atoms with Crippen molar-refractivity contribution >= 4 is 46.4 Å². The van der Waals surface area contributed by atoms with Gasteiger partial charge in [-0.05, 0) is 43.0 Å². The van der Waals surface area contributed by atoms with E-state index >= 15 is 0 Å². The molecular formula is C30H30ClN3O2S. The highest BCUT2D eigenvalue weighted by Gasteiger charge is 2.26. The van der Waals surface area contributed by atoms with Crippen molar-refractivity contribution in [3.05, 3.63) is 118 Å². The number of carbonyl (C=O) groups is 2. The molecule has 0 radical (unpaired) electrons. The number of quaternary nitrogens is 1. The lowest BCUT2D eigenvalue weighted by Crippen LogP contribution is -2.85. The zero-order chi connectivity index (χ0) is 26.5. The fourth-order valence-electron chi connectivity index (χ4n) is 4.07. The van der Waals surface area contributed by atoms with Gasteiger partial charge in [0.1, 0.15) is 4.99 Å². The smallest absolute Gasteiger partial charge is 0.256 e. The minimum absolute atomic E-state index is 0.0159. The first kappa shape index (κ1) is 28.2. The summed E-state index contributed by atoms with van der Waals surface area (Å²) in [5.41, 5.74) is 1.64. The van der Waals surface area contributed by atoms with Crippen LogP contribution in [0.1, 0.15) is 57.9 Å². The summed E-state index contributed by atoms with van der Waals surface area (Å²) in [6.45, 7) is 2.75. The molecule has 7 heteroatoms. The minimum atomic E-state index is -0.699. The van der Waals surface area contributed by atoms with Crippen LogP contribution >= 0.6 is 23.8 Å². The molecule has 1 aliphatic heterocycles. The maximum absolute atomic E-state index is 12.9. The van der Waals surface area contributed by atoms with Crippen LogP contribution in [0.4, 0.5) is 0 Å². The number of carbonyl (C=O) groups excluding carboxylic acids is 2. The minimum Gasteiger partial charge on any atom is -0.763 e. The van der Waals surface area contributed by atoms with E-state index in [1.807, 2.05) is 6.07 Å². The Morgan fingerprint density at radius 3 is 1.97 bits per heavy atom. The molecule has 3 aromatic rings. The van der Waals surface area contributed by atoms with Crippen molar-refractivity contribution in [2.75, 3.05) is 13.1 Å². The summed E-state index contributed by atoms with van der Waals surface area (Å²) < 4.78 is 0. The van der Waals surface area contributed by atoms with E-state index in [9.17, 15) is 15.0 Å². The molecule has 1 unspecified atom stereocenters. The lowest BCUT2D eigenvalue weighted by molar-refractivity contribution is -0.662. The van der Waals surface area contributed by atoms with Gasteiger partial charge in [0.2, 0.25) is 0 Å². The Kier molecular flexibility index (Phi) is 11.4. The van der Waals surface area contributed by atoms with Crippen LogP contribution < -0.4 is 10.6 Å². The second-order valence-electron chi connectivity index (χ2n) is 8.67. The number of rotatable bonds is 7. The van der Waals surface area contributed by atoms with Crippen LogP contribution in [0.5, 0.6) is 0 Å². The topological polar surface area (TPSA) is 85.1 Å². The number of benzene rings is 3. The van der Waals surface area contributed by atoms with Gasteiger partial charge in [-0.25, -0.2) is 0 Å². The van der Waals surface area contributed by atoms with Crippen molar-refractivity contribution in [3.8, 4) is 0 Å². The van der Waals surface area contributed by atoms with E-state index in [2.05, 4.69) is 16.5 Å². The van der Waals surface area contributed by atoms with Gasteiger partial charge in [0.15, 0.2) is 5.78 Å². The number of Topliss-reactive ketones (excluding diaryl/α,β-unsaturated/α-hetero) is 1. The van der Waals surface area contributed by atoms with Crippen LogP contribution in [0.3, 0.4) is 0 Å². The van der Waals surface area contributed by atoms with Gasteiger partial charge in [-0.2, -0.15) is 0 Å². The molecule has 1 amide bonds. The Morgan fingerprint density at radius 2 is 1.46 bits per heavy atom. The van der Waals surface area contributed by atoms with Crippen molar-refractivity contribution in [2.45, 2.75) is 31.6 Å². The summed E-state index contributed by atoms with van der Waals surface area (Å²) in [5.74, 6) is 0.810. The first-order valence-electron chi connectivity index (χ1n) is 12.3. The predicted octanol–water partition coefficient (Wildman–Crippen LogP) is 5.35. The molecule has 3 N–H and O–H groups in total. The maximum atomic E-state index is 12.9. The van der Waals surface area contributed by atoms with E-state index in [1.54, 1.807) is 78.9 Å². The molecule has 1 atom stereocenters. The van der Waals surface area contributed by atoms with E-state index in [0.29, 0.717) is 21.7 Å². The van der Waals surface area contributed by atoms with Gasteiger partial charge in [0.25, 0.3) is 5.91 Å². The largest absolute Gasteiger partial charge is 0.763 e. The van der Waals surface area contributed by atoms with Crippen LogP contribution in [0.15, 0.2) is 90.5 Å². The molecule has 1 fully saturated rings. The zero-order valence-electron chi connectivity index (χ0n) is 20.5. The van der Waals surface area contributed by atoms with Crippen LogP contribution in [0.2, 0.25) is 5.02 Å². The Labute approximate surface area is 228 Å². The third-order valence-electron chi connectivity index (χ3n) is 6.06. The Bertz CT molecular complexity index is 1240. The first-order chi connectivity index (χ1) is 18.0. The average Bonchev–Trinajstić information content (AvgIpc) is 2.95. The molecule has 0 aromatic heterocycles. The van der Waals surface area contributed by atoms with Gasteiger partial charge in [0, 0.05) is 34.1 Å². The molecule has 1 saturated heterocycles. The van der Waals surface area contributed by atoms with Gasteiger partial charge >= 0.3 is 0 Å². The summed E-state index contributed by atoms with van der Waals surface area (Å²) in [6, 6.07) is 24.4. The molecule has 5 nitrogen and oxygen atoms in total. The number of nitrogens with two attached hydrogens (primary N) is 1. The highest BCUT2D eigenvalue weighted by atomic mass is 35.5. The molecule has 4 rings (SSSR count). The third kappa shape index (κ3) is 8.59. The van der Waals surface area contributed by atoms with Crippen molar-refractivity contribution in [1.29, 1.82) is 0 Å². The quantitative estimate of drug-likeness (QED) is 0.186. The number of hydrogen-bond donors (Lipinski definition) is 2. The van der Waals surface area contributed by atoms with Gasteiger partial charge in [-0.1, -0.05) is 90.5 Å². The van der Waals surface area contributed by atoms with Crippen LogP contribution in [0.25, 0.3) is 5.41 Å². The molecule has 1 heterocycles. The summed E-state index contributed by atoms with van der Waals surface area (Å²) >= 11 is 11.8. The fourth-order valence-corrected chi connectivity index (χ4v) is 4.62. The number of piperidine rings is 1. The third-order valence-corrected chi connectivity index (χ3v) is 6.73. The highest BCUT2D eigenvalue weighted by Crippen LogP contribution is 2.33. The van der Waals surface area contributed by atoms with Gasteiger partial charge in [-0.15, -0.1) is 0 Å². The van der Waals surface area contributed by atoms with E-state index < -0.39 is 11.8 Å². The summed E-state index contributed by atoms with van der Waals surface area (Å²) in [4.78, 5) is 25.4. The number of nitrogens with zero attached hydrogens (tertiary/aromatic N) is 1. The predicted molar refractivity (Wildman–Crippen MR) is 153 cm³/mol. The van der Waals surface area contributed by atoms with Crippen molar-refractivity contribution in [1.82, 2.24) is 5.32 Å². The lowest BCUT2D eigenvalue weighted by atomic mass is 9.85. The molecular weight excluding hydrogens is 502 g/mol. The van der Waals surface area contributed by atoms with E-state index in [4.69, 9.17) is 23.8 Å². The van der Waals surface area contributed by atoms with E-state index in [1.165, 1.54) is 32.4 Å². The molecule has 1 aliphatic rings. The molecule has 0 saturated carbocycles. The normalized spacial score (nSPS) is 13.2. The second kappa shape index (κ2) is 15.0. The van der Waals surface area contributed by atoms with Gasteiger partial charge in [-0.3, -0.25) is 15.5 Å². The average molecular weight is 532 g/mol. The molecule has 190 valence electrons. The lowest BCUT2D eigenvalue weighted by Gasteiger charge is -2.22. The highest BCUT2D eigenvalue weighted by molar-refractivity contribution is 7.80. The standard InChI is InChI=1S/C25H18ClN2O2S.C5H11N/c26-22-14-8-7-13-19(22)20(15-23(29)17-9-3-1-4-10-17)21(16-27)25(31)28-24(30)18-11-5-2-6-12-18;1-2-4-6-5-3-1/h1-14,20H,15H2,(H,28,30,31);6H,1-5H2/q-1;/p+1. The monoisotopic (exact) mass is 531 g/mol. The SMILES string of the molecule is C1CC[NH2+]CC1.[N-]=C=C(C(=S)NC(=O)c1ccccc1)C(CC(=O)c1ccccc1)c1ccccc1Cl. The molecule has 37 heavy (non-hydrogen) atoms. The van der Waals surface area contributed by atoms with E-state index in [-0.39, 0.29) is 22.8 Å². The number of thiocarbonyl (C=S) groups is 1. The number of halogens is 1. The first-order valence-corrected chi connectivity index (χ1v) is 13.1. The van der Waals surface area contributed by atoms with Crippen molar-refractivity contribution < 1.29 is 14.9 Å². The molecule has 0 bridgehead atoms. The maximum Gasteiger partial charge on any atom is 0.256 e. The van der Waals surface area contributed by atoms with Crippen molar-refractivity contribution in [2.24, 2.45) is 0 Å². The molecule has 3 aromatic carbocycles.